The molecule has 2 aliphatic rings. The topological polar surface area (TPSA) is 108 Å². The molecule has 0 bridgehead atoms. The van der Waals surface area contributed by atoms with Gasteiger partial charge in [-0.25, -0.2) is 31.7 Å². The van der Waals surface area contributed by atoms with E-state index in [0.29, 0.717) is 12.1 Å². The van der Waals surface area contributed by atoms with Crippen LogP contribution in [0.25, 0.3) is 0 Å². The predicted octanol–water partition coefficient (Wildman–Crippen LogP) is 3.93. The summed E-state index contributed by atoms with van der Waals surface area (Å²) in [5.41, 5.74) is -0.390. The third-order valence-electron chi connectivity index (χ3n) is 6.50. The highest BCUT2D eigenvalue weighted by Gasteiger charge is 2.41. The van der Waals surface area contributed by atoms with E-state index in [1.807, 2.05) is 0 Å². The van der Waals surface area contributed by atoms with Crippen LogP contribution in [-0.4, -0.2) is 47.4 Å². The Labute approximate surface area is 221 Å². The second kappa shape index (κ2) is 9.84. The Balaban J connectivity index is 1.60. The number of halogens is 6. The predicted molar refractivity (Wildman–Crippen MR) is 128 cm³/mol. The largest absolute Gasteiger partial charge is 0.352 e. The summed E-state index contributed by atoms with van der Waals surface area (Å²) in [6, 6.07) is 2.44. The minimum atomic E-state index is -2.98. The van der Waals surface area contributed by atoms with Gasteiger partial charge in [-0.2, -0.15) is 0 Å². The number of benzene rings is 2. The van der Waals surface area contributed by atoms with E-state index >= 15 is 0 Å². The molecule has 1 aromatic heterocycles. The second-order valence-corrected chi connectivity index (χ2v) is 9.21. The van der Waals surface area contributed by atoms with Crippen LogP contribution >= 0.6 is 11.6 Å². The van der Waals surface area contributed by atoms with Gasteiger partial charge in [0.15, 0.2) is 17.5 Å². The molecule has 3 heterocycles. The molecule has 0 saturated carbocycles. The number of nitrogens with zero attached hydrogens (tertiary/aromatic N) is 3. The molecule has 0 aliphatic carbocycles. The highest BCUT2D eigenvalue weighted by atomic mass is 35.5. The molecule has 15 heteroatoms. The van der Waals surface area contributed by atoms with Crippen LogP contribution in [0.3, 0.4) is 0 Å². The van der Waals surface area contributed by atoms with Gasteiger partial charge in [0.2, 0.25) is 18.2 Å². The fourth-order valence-corrected chi connectivity index (χ4v) is 4.95. The molecule has 0 spiro atoms. The maximum Gasteiger partial charge on any atom is 0.327 e. The van der Waals surface area contributed by atoms with E-state index in [4.69, 9.17) is 11.6 Å². The first-order valence-corrected chi connectivity index (χ1v) is 11.8. The van der Waals surface area contributed by atoms with Crippen LogP contribution in [0.4, 0.5) is 38.3 Å². The zero-order chi connectivity index (χ0) is 28.2. The summed E-state index contributed by atoms with van der Waals surface area (Å²) < 4.78 is 70.6. The summed E-state index contributed by atoms with van der Waals surface area (Å²) in [7, 11) is 1.31. The summed E-state index contributed by atoms with van der Waals surface area (Å²) in [5, 5.41) is 7.46. The number of carbonyl (C=O) groups excluding carboxylic acids is 3. The van der Waals surface area contributed by atoms with Crippen LogP contribution in [-0.2, 0) is 11.3 Å². The van der Waals surface area contributed by atoms with Crippen molar-refractivity contribution in [2.24, 2.45) is 0 Å². The van der Waals surface area contributed by atoms with Crippen molar-refractivity contribution >= 4 is 41.0 Å². The molecule has 39 heavy (non-hydrogen) atoms. The minimum absolute atomic E-state index is 0.0455. The number of amides is 4. The van der Waals surface area contributed by atoms with Gasteiger partial charge in [-0.15, -0.1) is 0 Å². The Bertz CT molecular complexity index is 1530. The van der Waals surface area contributed by atoms with Crippen molar-refractivity contribution in [2.75, 3.05) is 23.8 Å². The van der Waals surface area contributed by atoms with Gasteiger partial charge in [-0.3, -0.25) is 19.8 Å². The normalized spacial score (nSPS) is 18.1. The van der Waals surface area contributed by atoms with Gasteiger partial charge in [-0.05, 0) is 29.8 Å². The maximum absolute atomic E-state index is 14.1. The number of anilines is 2. The lowest BCUT2D eigenvalue weighted by atomic mass is 10.0. The van der Waals surface area contributed by atoms with Gasteiger partial charge in [-0.1, -0.05) is 11.6 Å². The van der Waals surface area contributed by atoms with Crippen LogP contribution in [0.1, 0.15) is 39.4 Å². The molecule has 0 fully saturated rings. The first kappa shape index (κ1) is 26.4. The summed E-state index contributed by atoms with van der Waals surface area (Å²) >= 11 is 6.27. The standard InChI is InChI=1S/C24H18ClF5N6O3/c1-31-23(38)22-33-21(19-18(32-17(37)8-36(19)22)11-4-9(26)2-3-13(11)25)34-24(39)35-7-12(20(29)30)10-5-14(27)15(28)6-16(10)35/h2-6,12,18,20H,7-8H2,1H3,(H,31,38)(H,32,37)(H,34,39)/t12-,18-/m1/s1. The van der Waals surface area contributed by atoms with E-state index in [0.717, 1.165) is 17.0 Å². The third kappa shape index (κ3) is 4.54. The number of urea groups is 1. The molecular formula is C24H18ClF5N6O3. The Morgan fingerprint density at radius 1 is 1.13 bits per heavy atom. The Kier molecular flexibility index (Phi) is 6.66. The van der Waals surface area contributed by atoms with Gasteiger partial charge in [0.1, 0.15) is 12.4 Å². The molecule has 204 valence electrons. The first-order chi connectivity index (χ1) is 18.5. The molecule has 3 aromatic rings. The average molecular weight is 569 g/mol. The van der Waals surface area contributed by atoms with E-state index in [2.05, 4.69) is 20.9 Å². The first-order valence-electron chi connectivity index (χ1n) is 11.4. The molecule has 2 aromatic carbocycles. The summed E-state index contributed by atoms with van der Waals surface area (Å²) in [6.45, 7) is -0.995. The van der Waals surface area contributed by atoms with Gasteiger partial charge in [0.05, 0.1) is 23.3 Å². The average Bonchev–Trinajstić information content (AvgIpc) is 3.43. The fraction of sp³-hybridized carbons (Fsp3) is 0.250. The van der Waals surface area contributed by atoms with E-state index < -0.39 is 66.8 Å². The monoisotopic (exact) mass is 568 g/mol. The van der Waals surface area contributed by atoms with Crippen LogP contribution < -0.4 is 20.9 Å². The minimum Gasteiger partial charge on any atom is -0.352 e. The van der Waals surface area contributed by atoms with Crippen molar-refractivity contribution in [1.29, 1.82) is 0 Å². The second-order valence-electron chi connectivity index (χ2n) is 8.81. The number of rotatable bonds is 4. The number of hydrogen-bond donors (Lipinski definition) is 3. The Hall–Kier alpha value is -4.20. The Morgan fingerprint density at radius 3 is 2.54 bits per heavy atom. The van der Waals surface area contributed by atoms with Crippen LogP contribution in [0.15, 0.2) is 30.3 Å². The van der Waals surface area contributed by atoms with Crippen LogP contribution in [0.2, 0.25) is 5.02 Å². The molecule has 4 amide bonds. The third-order valence-corrected chi connectivity index (χ3v) is 6.84. The lowest BCUT2D eigenvalue weighted by molar-refractivity contribution is -0.123. The number of aromatic nitrogens is 2. The molecule has 5 rings (SSSR count). The molecule has 2 aliphatic heterocycles. The van der Waals surface area contributed by atoms with Gasteiger partial charge in [0.25, 0.3) is 5.91 Å². The molecule has 3 N–H and O–H groups in total. The lowest BCUT2D eigenvalue weighted by Crippen LogP contribution is -2.41. The molecular weight excluding hydrogens is 551 g/mol. The fourth-order valence-electron chi connectivity index (χ4n) is 4.73. The van der Waals surface area contributed by atoms with E-state index in [-0.39, 0.29) is 39.2 Å². The highest BCUT2D eigenvalue weighted by Crippen LogP contribution is 2.42. The lowest BCUT2D eigenvalue weighted by Gasteiger charge is -2.28. The number of nitrogens with one attached hydrogen (secondary N) is 3. The van der Waals surface area contributed by atoms with E-state index in [1.165, 1.54) is 17.7 Å². The van der Waals surface area contributed by atoms with Crippen molar-refractivity contribution < 1.29 is 36.3 Å². The van der Waals surface area contributed by atoms with Crippen molar-refractivity contribution in [3.05, 3.63) is 75.5 Å². The molecule has 0 radical (unpaired) electrons. The summed E-state index contributed by atoms with van der Waals surface area (Å²) in [6.07, 6.45) is -2.98. The molecule has 2 atom stereocenters. The van der Waals surface area contributed by atoms with Crippen molar-refractivity contribution in [1.82, 2.24) is 20.2 Å². The zero-order valence-electron chi connectivity index (χ0n) is 19.9. The highest BCUT2D eigenvalue weighted by molar-refractivity contribution is 6.31. The van der Waals surface area contributed by atoms with Crippen molar-refractivity contribution in [3.63, 3.8) is 0 Å². The van der Waals surface area contributed by atoms with Gasteiger partial charge < -0.3 is 15.2 Å². The number of fused-ring (bicyclic) bond motifs is 2. The van der Waals surface area contributed by atoms with Gasteiger partial charge in [0, 0.05) is 30.2 Å². The zero-order valence-corrected chi connectivity index (χ0v) is 20.6. The van der Waals surface area contributed by atoms with E-state index in [9.17, 15) is 36.3 Å². The molecule has 0 saturated heterocycles. The SMILES string of the molecule is CNC(=O)c1nc(NC(=O)N2C[C@@H](C(F)F)c3cc(F)c(F)cc32)c2n1CC(=O)N[C@@H]2c1cc(F)ccc1Cl. The van der Waals surface area contributed by atoms with Crippen LogP contribution in [0.5, 0.6) is 0 Å². The Morgan fingerprint density at radius 2 is 1.85 bits per heavy atom. The maximum atomic E-state index is 14.1. The van der Waals surface area contributed by atoms with Crippen LogP contribution in [0, 0.1) is 17.5 Å². The summed E-state index contributed by atoms with van der Waals surface area (Å²) in [4.78, 5) is 43.4. The molecule has 0 unspecified atom stereocenters. The van der Waals surface area contributed by atoms with Gasteiger partial charge >= 0.3 is 6.03 Å². The smallest absolute Gasteiger partial charge is 0.327 e. The number of alkyl halides is 2. The number of hydrogen-bond acceptors (Lipinski definition) is 4. The van der Waals surface area contributed by atoms with E-state index in [1.54, 1.807) is 0 Å². The number of imidazole rings is 1. The summed E-state index contributed by atoms with van der Waals surface area (Å²) in [5.74, 6) is -6.80. The quantitative estimate of drug-likeness (QED) is 0.415. The van der Waals surface area contributed by atoms with Crippen molar-refractivity contribution in [2.45, 2.75) is 24.9 Å². The molecule has 9 nitrogen and oxygen atoms in total. The number of carbonyl (C=O) groups is 3. The van der Waals surface area contributed by atoms with Crippen molar-refractivity contribution in [3.8, 4) is 0 Å².